The number of halogens is 3. The standard InChI is InChI=1S/C14H11Cl2FO2/c15-11-2-3-12(16)10(6-11)8-19-14-4-1-9(7-18)5-13(14)17/h1-6,18H,7-8H2. The number of rotatable bonds is 4. The van der Waals surface area contributed by atoms with Gasteiger partial charge in [0.25, 0.3) is 0 Å². The summed E-state index contributed by atoms with van der Waals surface area (Å²) >= 11 is 11.8. The average Bonchev–Trinajstić information content (AvgIpc) is 2.40. The molecule has 0 amide bonds. The third-order valence-corrected chi connectivity index (χ3v) is 3.17. The van der Waals surface area contributed by atoms with E-state index >= 15 is 0 Å². The minimum Gasteiger partial charge on any atom is -0.486 e. The van der Waals surface area contributed by atoms with Gasteiger partial charge in [-0.25, -0.2) is 4.39 Å². The van der Waals surface area contributed by atoms with Crippen molar-refractivity contribution < 1.29 is 14.2 Å². The minimum atomic E-state index is -0.523. The first kappa shape index (κ1) is 14.1. The van der Waals surface area contributed by atoms with E-state index in [0.717, 1.165) is 0 Å². The minimum absolute atomic E-state index is 0.105. The number of benzene rings is 2. The molecule has 0 unspecified atom stereocenters. The Morgan fingerprint density at radius 1 is 1.11 bits per heavy atom. The predicted molar refractivity (Wildman–Crippen MR) is 73.1 cm³/mol. The maximum Gasteiger partial charge on any atom is 0.165 e. The molecule has 0 bridgehead atoms. The molecule has 0 aromatic heterocycles. The van der Waals surface area contributed by atoms with Crippen LogP contribution in [-0.4, -0.2) is 5.11 Å². The Labute approximate surface area is 120 Å². The lowest BCUT2D eigenvalue weighted by atomic mass is 10.2. The molecule has 0 radical (unpaired) electrons. The monoisotopic (exact) mass is 300 g/mol. The molecule has 5 heteroatoms. The van der Waals surface area contributed by atoms with Gasteiger partial charge in [0.2, 0.25) is 0 Å². The third-order valence-electron chi connectivity index (χ3n) is 2.57. The first-order valence-electron chi connectivity index (χ1n) is 5.56. The van der Waals surface area contributed by atoms with Crippen LogP contribution >= 0.6 is 23.2 Å². The molecule has 0 aliphatic rings. The summed E-state index contributed by atoms with van der Waals surface area (Å²) < 4.78 is 19.0. The fourth-order valence-electron chi connectivity index (χ4n) is 1.57. The van der Waals surface area contributed by atoms with E-state index in [1.165, 1.54) is 12.1 Å². The molecule has 2 rings (SSSR count). The molecule has 100 valence electrons. The number of ether oxygens (including phenoxy) is 1. The van der Waals surface area contributed by atoms with Crippen molar-refractivity contribution >= 4 is 23.2 Å². The van der Waals surface area contributed by atoms with Crippen molar-refractivity contribution in [1.82, 2.24) is 0 Å². The van der Waals surface area contributed by atoms with Crippen LogP contribution in [0.1, 0.15) is 11.1 Å². The topological polar surface area (TPSA) is 29.5 Å². The van der Waals surface area contributed by atoms with Gasteiger partial charge in [0.15, 0.2) is 11.6 Å². The van der Waals surface area contributed by atoms with Gasteiger partial charge in [-0.1, -0.05) is 29.3 Å². The maximum absolute atomic E-state index is 13.6. The lowest BCUT2D eigenvalue weighted by molar-refractivity contribution is 0.276. The van der Waals surface area contributed by atoms with Crippen LogP contribution in [0, 0.1) is 5.82 Å². The zero-order valence-electron chi connectivity index (χ0n) is 9.87. The van der Waals surface area contributed by atoms with E-state index in [1.54, 1.807) is 24.3 Å². The Morgan fingerprint density at radius 3 is 2.58 bits per heavy atom. The highest BCUT2D eigenvalue weighted by Crippen LogP contribution is 2.24. The number of hydrogen-bond acceptors (Lipinski definition) is 2. The summed E-state index contributed by atoms with van der Waals surface area (Å²) in [5.74, 6) is -0.419. The van der Waals surface area contributed by atoms with Crippen LogP contribution in [0.15, 0.2) is 36.4 Å². The molecule has 2 nitrogen and oxygen atoms in total. The van der Waals surface area contributed by atoms with Crippen molar-refractivity contribution in [3.8, 4) is 5.75 Å². The quantitative estimate of drug-likeness (QED) is 0.917. The number of aliphatic hydroxyl groups is 1. The van der Waals surface area contributed by atoms with Gasteiger partial charge in [0.05, 0.1) is 6.61 Å². The molecular weight excluding hydrogens is 290 g/mol. The lowest BCUT2D eigenvalue weighted by Crippen LogP contribution is -1.99. The first-order valence-corrected chi connectivity index (χ1v) is 6.32. The van der Waals surface area contributed by atoms with Crippen molar-refractivity contribution in [2.75, 3.05) is 0 Å². The molecule has 1 N–H and O–H groups in total. The zero-order valence-corrected chi connectivity index (χ0v) is 11.4. The molecule has 0 aliphatic heterocycles. The second-order valence-corrected chi connectivity index (χ2v) is 4.79. The first-order chi connectivity index (χ1) is 9.10. The van der Waals surface area contributed by atoms with E-state index in [2.05, 4.69) is 0 Å². The molecule has 0 atom stereocenters. The molecule has 0 fully saturated rings. The molecule has 2 aromatic carbocycles. The zero-order chi connectivity index (χ0) is 13.8. The van der Waals surface area contributed by atoms with E-state index in [-0.39, 0.29) is 19.0 Å². The fraction of sp³-hybridized carbons (Fsp3) is 0.143. The van der Waals surface area contributed by atoms with Crippen LogP contribution in [0.4, 0.5) is 4.39 Å². The summed E-state index contributed by atoms with van der Waals surface area (Å²) in [7, 11) is 0. The third kappa shape index (κ3) is 3.60. The molecule has 0 aliphatic carbocycles. The van der Waals surface area contributed by atoms with Crippen LogP contribution < -0.4 is 4.74 Å². The lowest BCUT2D eigenvalue weighted by Gasteiger charge is -2.09. The maximum atomic E-state index is 13.6. The number of aliphatic hydroxyl groups excluding tert-OH is 1. The molecule has 2 aromatic rings. The second kappa shape index (κ2) is 6.24. The second-order valence-electron chi connectivity index (χ2n) is 3.95. The Balaban J connectivity index is 2.12. The summed E-state index contributed by atoms with van der Waals surface area (Å²) in [6, 6.07) is 9.30. The van der Waals surface area contributed by atoms with Crippen LogP contribution in [0.5, 0.6) is 5.75 Å². The molecular formula is C14H11Cl2FO2. The summed E-state index contributed by atoms with van der Waals surface area (Å²) in [6.45, 7) is -0.0912. The SMILES string of the molecule is OCc1ccc(OCc2cc(Cl)ccc2Cl)c(F)c1. The van der Waals surface area contributed by atoms with Gasteiger partial charge in [0.1, 0.15) is 6.61 Å². The van der Waals surface area contributed by atoms with E-state index < -0.39 is 5.82 Å². The normalized spacial score (nSPS) is 10.5. The van der Waals surface area contributed by atoms with Crippen LogP contribution in [0.3, 0.4) is 0 Å². The largest absolute Gasteiger partial charge is 0.486 e. The van der Waals surface area contributed by atoms with Gasteiger partial charge in [-0.05, 0) is 35.9 Å². The van der Waals surface area contributed by atoms with Crippen molar-refractivity contribution in [2.24, 2.45) is 0 Å². The van der Waals surface area contributed by atoms with E-state index in [9.17, 15) is 4.39 Å². The molecule has 0 spiro atoms. The molecule has 0 saturated carbocycles. The smallest absolute Gasteiger partial charge is 0.165 e. The van der Waals surface area contributed by atoms with Gasteiger partial charge in [-0.3, -0.25) is 0 Å². The van der Waals surface area contributed by atoms with E-state index in [4.69, 9.17) is 33.0 Å². The van der Waals surface area contributed by atoms with Gasteiger partial charge in [0, 0.05) is 15.6 Å². The summed E-state index contributed by atoms with van der Waals surface area (Å²) in [5, 5.41) is 9.94. The Bertz CT molecular complexity index is 588. The Morgan fingerprint density at radius 2 is 1.89 bits per heavy atom. The number of hydrogen-bond donors (Lipinski definition) is 1. The summed E-state index contributed by atoms with van der Waals surface area (Å²) in [5.41, 5.74) is 1.17. The van der Waals surface area contributed by atoms with Gasteiger partial charge in [-0.15, -0.1) is 0 Å². The van der Waals surface area contributed by atoms with Crippen LogP contribution in [-0.2, 0) is 13.2 Å². The van der Waals surface area contributed by atoms with Crippen molar-refractivity contribution in [2.45, 2.75) is 13.2 Å². The highest BCUT2D eigenvalue weighted by molar-refractivity contribution is 6.33. The molecule has 19 heavy (non-hydrogen) atoms. The van der Waals surface area contributed by atoms with Crippen molar-refractivity contribution in [3.63, 3.8) is 0 Å². The summed E-state index contributed by atoms with van der Waals surface area (Å²) in [4.78, 5) is 0. The Kier molecular flexibility index (Phi) is 4.64. The fourth-order valence-corrected chi connectivity index (χ4v) is 1.94. The average molecular weight is 301 g/mol. The Hall–Kier alpha value is -1.29. The van der Waals surface area contributed by atoms with Crippen LogP contribution in [0.25, 0.3) is 0 Å². The van der Waals surface area contributed by atoms with Gasteiger partial charge < -0.3 is 9.84 Å². The molecule has 0 saturated heterocycles. The van der Waals surface area contributed by atoms with Crippen molar-refractivity contribution in [3.05, 3.63) is 63.4 Å². The molecule has 0 heterocycles. The van der Waals surface area contributed by atoms with Crippen molar-refractivity contribution in [1.29, 1.82) is 0 Å². The highest BCUT2D eigenvalue weighted by Gasteiger charge is 2.07. The van der Waals surface area contributed by atoms with Gasteiger partial charge in [-0.2, -0.15) is 0 Å². The van der Waals surface area contributed by atoms with Crippen LogP contribution in [0.2, 0.25) is 10.0 Å². The predicted octanol–water partition coefficient (Wildman–Crippen LogP) is 4.20. The highest BCUT2D eigenvalue weighted by atomic mass is 35.5. The van der Waals surface area contributed by atoms with Gasteiger partial charge >= 0.3 is 0 Å². The summed E-state index contributed by atoms with van der Waals surface area (Å²) in [6.07, 6.45) is 0. The van der Waals surface area contributed by atoms with E-state index in [0.29, 0.717) is 21.2 Å². The van der Waals surface area contributed by atoms with E-state index in [1.807, 2.05) is 0 Å².